The first kappa shape index (κ1) is 15.0. The van der Waals surface area contributed by atoms with Crippen molar-refractivity contribution >= 4 is 10.8 Å². The molecule has 0 amide bonds. The molecule has 0 saturated carbocycles. The summed E-state index contributed by atoms with van der Waals surface area (Å²) in [7, 11) is -0.693. The third-order valence-corrected chi connectivity index (χ3v) is 3.15. The van der Waals surface area contributed by atoms with Gasteiger partial charge in [-0.2, -0.15) is 0 Å². The predicted molar refractivity (Wildman–Crippen MR) is 63.5 cm³/mol. The molecule has 0 radical (unpaired) electrons. The fourth-order valence-electron chi connectivity index (χ4n) is 1.09. The minimum Gasteiger partial charge on any atom is -0.352 e. The van der Waals surface area contributed by atoms with E-state index in [4.69, 9.17) is 9.47 Å². The van der Waals surface area contributed by atoms with Gasteiger partial charge in [0.05, 0.1) is 0 Å². The molecule has 0 aliphatic rings. The molecule has 0 fully saturated rings. The molecular formula is C10H23NO3S. The highest BCUT2D eigenvalue weighted by atomic mass is 32.2. The second-order valence-corrected chi connectivity index (χ2v) is 4.84. The van der Waals surface area contributed by atoms with E-state index in [1.807, 2.05) is 20.8 Å². The van der Waals surface area contributed by atoms with E-state index in [0.717, 1.165) is 12.3 Å². The summed E-state index contributed by atoms with van der Waals surface area (Å²) in [5.41, 5.74) is 0. The predicted octanol–water partition coefficient (Wildman–Crippen LogP) is 0.744. The van der Waals surface area contributed by atoms with Crippen LogP contribution >= 0.6 is 0 Å². The zero-order chi connectivity index (χ0) is 11.5. The van der Waals surface area contributed by atoms with Crippen LogP contribution in [0.3, 0.4) is 0 Å². The summed E-state index contributed by atoms with van der Waals surface area (Å²) >= 11 is 0. The van der Waals surface area contributed by atoms with Crippen LogP contribution in [0.2, 0.25) is 0 Å². The van der Waals surface area contributed by atoms with E-state index in [2.05, 4.69) is 5.32 Å². The molecule has 0 aliphatic carbocycles. The summed E-state index contributed by atoms with van der Waals surface area (Å²) in [5.74, 6) is 1.42. The fraction of sp³-hybridized carbons (Fsp3) is 1.00. The van der Waals surface area contributed by atoms with Gasteiger partial charge in [0, 0.05) is 48.6 Å². The fourth-order valence-corrected chi connectivity index (χ4v) is 1.75. The molecule has 1 N–H and O–H groups in total. The maximum Gasteiger partial charge on any atom is 0.169 e. The molecule has 0 aliphatic heterocycles. The van der Waals surface area contributed by atoms with Crippen molar-refractivity contribution in [2.45, 2.75) is 27.1 Å². The molecule has 92 valence electrons. The highest BCUT2D eigenvalue weighted by Crippen LogP contribution is 1.92. The highest BCUT2D eigenvalue weighted by Gasteiger charge is 2.06. The number of hydrogen-bond donors (Lipinski definition) is 1. The van der Waals surface area contributed by atoms with Gasteiger partial charge < -0.3 is 14.8 Å². The molecule has 0 rings (SSSR count). The molecule has 0 saturated heterocycles. The molecule has 0 heterocycles. The molecule has 4 nitrogen and oxygen atoms in total. The van der Waals surface area contributed by atoms with E-state index < -0.39 is 10.8 Å². The van der Waals surface area contributed by atoms with Crippen LogP contribution in [0.5, 0.6) is 0 Å². The maximum absolute atomic E-state index is 11.1. The molecular weight excluding hydrogens is 214 g/mol. The van der Waals surface area contributed by atoms with Crippen LogP contribution in [0.1, 0.15) is 20.8 Å². The van der Waals surface area contributed by atoms with E-state index in [1.54, 1.807) is 0 Å². The Morgan fingerprint density at radius 3 is 2.27 bits per heavy atom. The van der Waals surface area contributed by atoms with E-state index in [-0.39, 0.29) is 6.29 Å². The van der Waals surface area contributed by atoms with Crippen molar-refractivity contribution in [1.82, 2.24) is 5.32 Å². The van der Waals surface area contributed by atoms with Crippen molar-refractivity contribution in [3.63, 3.8) is 0 Å². The zero-order valence-electron chi connectivity index (χ0n) is 9.95. The summed E-state index contributed by atoms with van der Waals surface area (Å²) in [6.07, 6.45) is -0.185. The summed E-state index contributed by atoms with van der Waals surface area (Å²) in [4.78, 5) is 0. The first-order chi connectivity index (χ1) is 7.24. The normalized spacial score (nSPS) is 13.3. The molecule has 0 bridgehead atoms. The van der Waals surface area contributed by atoms with Gasteiger partial charge in [-0.15, -0.1) is 0 Å². The molecule has 5 heteroatoms. The molecule has 0 aromatic heterocycles. The summed E-state index contributed by atoms with van der Waals surface area (Å²) in [6, 6.07) is 0. The Labute approximate surface area is 95.2 Å². The van der Waals surface area contributed by atoms with E-state index in [0.29, 0.717) is 25.5 Å². The van der Waals surface area contributed by atoms with Crippen molar-refractivity contribution in [2.75, 3.05) is 37.8 Å². The lowest BCUT2D eigenvalue weighted by Crippen LogP contribution is -2.33. The Balaban J connectivity index is 3.48. The maximum atomic E-state index is 11.1. The second kappa shape index (κ2) is 10.5. The Kier molecular flexibility index (Phi) is 10.6. The molecule has 1 atom stereocenters. The van der Waals surface area contributed by atoms with Crippen LogP contribution < -0.4 is 5.32 Å². The van der Waals surface area contributed by atoms with Crippen molar-refractivity contribution in [2.24, 2.45) is 0 Å². The Hall–Kier alpha value is 0.0300. The van der Waals surface area contributed by atoms with Gasteiger partial charge in [0.15, 0.2) is 6.29 Å². The number of hydrogen-bond acceptors (Lipinski definition) is 4. The van der Waals surface area contributed by atoms with Crippen molar-refractivity contribution in [1.29, 1.82) is 0 Å². The monoisotopic (exact) mass is 237 g/mol. The number of nitrogens with one attached hydrogen (secondary N) is 1. The van der Waals surface area contributed by atoms with Gasteiger partial charge in [0.25, 0.3) is 0 Å². The van der Waals surface area contributed by atoms with E-state index in [1.165, 1.54) is 0 Å². The van der Waals surface area contributed by atoms with Gasteiger partial charge in [-0.3, -0.25) is 4.21 Å². The lowest BCUT2D eigenvalue weighted by molar-refractivity contribution is -0.132. The van der Waals surface area contributed by atoms with Gasteiger partial charge in [-0.1, -0.05) is 6.92 Å². The number of rotatable bonds is 10. The smallest absolute Gasteiger partial charge is 0.169 e. The van der Waals surface area contributed by atoms with Crippen LogP contribution in [0, 0.1) is 0 Å². The average Bonchev–Trinajstić information content (AvgIpc) is 2.24. The minimum atomic E-state index is -0.693. The molecule has 0 aromatic rings. The quantitative estimate of drug-likeness (QED) is 0.450. The lowest BCUT2D eigenvalue weighted by Gasteiger charge is -2.17. The summed E-state index contributed by atoms with van der Waals surface area (Å²) in [5, 5.41) is 3.18. The van der Waals surface area contributed by atoms with Gasteiger partial charge in [0.1, 0.15) is 0 Å². The third-order valence-electron chi connectivity index (χ3n) is 1.84. The van der Waals surface area contributed by atoms with Crippen LogP contribution in [0.25, 0.3) is 0 Å². The number of ether oxygens (including phenoxy) is 2. The first-order valence-corrected chi connectivity index (χ1v) is 7.02. The van der Waals surface area contributed by atoms with Crippen molar-refractivity contribution in [3.8, 4) is 0 Å². The SMILES string of the molecule is CCOC(CNCCS(=O)CC)OCC. The zero-order valence-corrected chi connectivity index (χ0v) is 10.8. The standard InChI is InChI=1S/C10H23NO3S/c1-4-13-10(14-5-2)9-11-7-8-15(12)6-3/h10-11H,4-9H2,1-3H3. The van der Waals surface area contributed by atoms with Gasteiger partial charge in [0.2, 0.25) is 0 Å². The van der Waals surface area contributed by atoms with Crippen LogP contribution in [0.15, 0.2) is 0 Å². The molecule has 0 aromatic carbocycles. The van der Waals surface area contributed by atoms with Crippen molar-refractivity contribution < 1.29 is 13.7 Å². The minimum absolute atomic E-state index is 0.185. The molecule has 1 unspecified atom stereocenters. The first-order valence-electron chi connectivity index (χ1n) is 5.53. The van der Waals surface area contributed by atoms with E-state index >= 15 is 0 Å². The average molecular weight is 237 g/mol. The lowest BCUT2D eigenvalue weighted by atomic mass is 10.5. The van der Waals surface area contributed by atoms with Gasteiger partial charge in [-0.05, 0) is 13.8 Å². The van der Waals surface area contributed by atoms with E-state index in [9.17, 15) is 4.21 Å². The van der Waals surface area contributed by atoms with Crippen LogP contribution in [-0.2, 0) is 20.3 Å². The topological polar surface area (TPSA) is 47.6 Å². The second-order valence-electron chi connectivity index (χ2n) is 2.98. The summed E-state index contributed by atoms with van der Waals surface area (Å²) in [6.45, 7) is 8.51. The van der Waals surface area contributed by atoms with Gasteiger partial charge in [-0.25, -0.2) is 0 Å². The molecule has 15 heavy (non-hydrogen) atoms. The molecule has 0 spiro atoms. The van der Waals surface area contributed by atoms with Crippen LogP contribution in [-0.4, -0.2) is 48.3 Å². The third kappa shape index (κ3) is 8.99. The Morgan fingerprint density at radius 1 is 1.20 bits per heavy atom. The van der Waals surface area contributed by atoms with Gasteiger partial charge >= 0.3 is 0 Å². The Morgan fingerprint density at radius 2 is 1.80 bits per heavy atom. The van der Waals surface area contributed by atoms with Crippen LogP contribution in [0.4, 0.5) is 0 Å². The summed E-state index contributed by atoms with van der Waals surface area (Å²) < 4.78 is 21.8. The van der Waals surface area contributed by atoms with Crippen molar-refractivity contribution in [3.05, 3.63) is 0 Å². The Bertz CT molecular complexity index is 161. The largest absolute Gasteiger partial charge is 0.352 e. The highest BCUT2D eigenvalue weighted by molar-refractivity contribution is 7.84.